The maximum Gasteiger partial charge on any atom is 0.513 e. The number of nitrogens with one attached hydrogen (secondary N) is 1. The molecular formula is C46H68N5O18P3. The third kappa shape index (κ3) is 22.8. The molecule has 0 aliphatic carbocycles. The van der Waals surface area contributed by atoms with Gasteiger partial charge in [0.25, 0.3) is 5.56 Å². The minimum atomic E-state index is -5.91. The molecule has 1 aliphatic heterocycles. The first kappa shape index (κ1) is 60.1. The maximum atomic E-state index is 14.0. The number of aromatic nitrogens is 2. The number of esters is 1. The molecule has 400 valence electrons. The number of unbranched alkanes of at least 4 members (excludes halogenated alkanes) is 14. The SMILES string of the molecule is CCCCCCCCCCCCCCCCOC(=O)Oc1ccc(COP(=O)(OCc2ccc(OC(=O)CCCC)cc2)OP(=O)(O)OP(=O)(O)OC[C@H]2O[C@@H](n3cc(C)c(=O)[nH]c3=O)CC2N=[N+]=[N-])cc1. The number of hydrogen-bond acceptors (Lipinski definition) is 17. The second kappa shape index (κ2) is 31.3. The van der Waals surface area contributed by atoms with Crippen LogP contribution in [0, 0.1) is 6.92 Å². The monoisotopic (exact) mass is 1070 g/mol. The lowest BCUT2D eigenvalue weighted by Gasteiger charge is -2.22. The molecule has 4 rings (SSSR count). The van der Waals surface area contributed by atoms with Crippen LogP contribution in [0.3, 0.4) is 0 Å². The first-order valence-electron chi connectivity index (χ1n) is 24.3. The Balaban J connectivity index is 1.31. The van der Waals surface area contributed by atoms with E-state index < -0.39 is 85.0 Å². The molecule has 26 heteroatoms. The van der Waals surface area contributed by atoms with E-state index in [-0.39, 0.29) is 42.1 Å². The van der Waals surface area contributed by atoms with Crippen molar-refractivity contribution in [2.75, 3.05) is 13.2 Å². The molecule has 6 atom stereocenters. The number of carbonyl (C=O) groups is 2. The Morgan fingerprint density at radius 1 is 0.750 bits per heavy atom. The molecule has 2 heterocycles. The van der Waals surface area contributed by atoms with Crippen LogP contribution in [0.1, 0.15) is 152 Å². The van der Waals surface area contributed by atoms with Crippen molar-refractivity contribution in [3.8, 4) is 11.5 Å². The van der Waals surface area contributed by atoms with Crippen LogP contribution in [0.15, 0.2) is 69.4 Å². The van der Waals surface area contributed by atoms with Crippen LogP contribution in [0.4, 0.5) is 4.79 Å². The number of phosphoric ester groups is 2. The van der Waals surface area contributed by atoms with Crippen LogP contribution >= 0.6 is 23.5 Å². The highest BCUT2D eigenvalue weighted by Crippen LogP contribution is 2.69. The summed E-state index contributed by atoms with van der Waals surface area (Å²) in [5.41, 5.74) is 8.32. The number of ether oxygens (including phenoxy) is 4. The van der Waals surface area contributed by atoms with E-state index in [0.29, 0.717) is 18.4 Å². The molecule has 3 aromatic rings. The summed E-state index contributed by atoms with van der Waals surface area (Å²) in [5, 5.41) is 3.57. The van der Waals surface area contributed by atoms with Crippen molar-refractivity contribution >= 4 is 35.6 Å². The normalized spacial score (nSPS) is 18.0. The number of hydrogen-bond donors (Lipinski definition) is 3. The van der Waals surface area contributed by atoms with E-state index in [1.54, 1.807) is 0 Å². The van der Waals surface area contributed by atoms with E-state index in [1.807, 2.05) is 6.92 Å². The molecule has 4 unspecified atom stereocenters. The zero-order chi connectivity index (χ0) is 52.4. The number of carbonyl (C=O) groups excluding carboxylic acids is 2. The van der Waals surface area contributed by atoms with E-state index in [2.05, 4.69) is 26.2 Å². The van der Waals surface area contributed by atoms with Crippen molar-refractivity contribution < 1.29 is 74.2 Å². The van der Waals surface area contributed by atoms with Gasteiger partial charge >= 0.3 is 41.3 Å². The predicted octanol–water partition coefficient (Wildman–Crippen LogP) is 11.7. The van der Waals surface area contributed by atoms with Crippen LogP contribution < -0.4 is 20.7 Å². The van der Waals surface area contributed by atoms with E-state index in [4.69, 9.17) is 42.4 Å². The third-order valence-corrected chi connectivity index (χ3v) is 15.8. The van der Waals surface area contributed by atoms with Gasteiger partial charge in [-0.3, -0.25) is 32.7 Å². The fraction of sp³-hybridized carbons (Fsp3) is 0.609. The molecule has 1 fully saturated rings. The maximum absolute atomic E-state index is 14.0. The molecule has 0 radical (unpaired) electrons. The lowest BCUT2D eigenvalue weighted by Crippen LogP contribution is -2.33. The topological polar surface area (TPSA) is 312 Å². The summed E-state index contributed by atoms with van der Waals surface area (Å²) in [6, 6.07) is 10.2. The fourth-order valence-electron chi connectivity index (χ4n) is 7.27. The van der Waals surface area contributed by atoms with Crippen LogP contribution in [-0.2, 0) is 63.4 Å². The van der Waals surface area contributed by atoms with Gasteiger partial charge in [-0.15, -0.1) is 0 Å². The number of azide groups is 1. The summed E-state index contributed by atoms with van der Waals surface area (Å²) < 4.78 is 87.7. The number of benzene rings is 2. The van der Waals surface area contributed by atoms with Gasteiger partial charge in [-0.2, -0.15) is 8.62 Å². The summed E-state index contributed by atoms with van der Waals surface area (Å²) in [6.07, 6.45) is 16.1. The van der Waals surface area contributed by atoms with Crippen molar-refractivity contribution in [2.45, 2.75) is 168 Å². The van der Waals surface area contributed by atoms with Gasteiger partial charge in [-0.05, 0) is 60.7 Å². The predicted molar refractivity (Wildman–Crippen MR) is 263 cm³/mol. The Labute approximate surface area is 418 Å². The second-order valence-corrected chi connectivity index (χ2v) is 22.0. The van der Waals surface area contributed by atoms with Gasteiger partial charge in [0, 0.05) is 29.5 Å². The summed E-state index contributed by atoms with van der Waals surface area (Å²) in [4.78, 5) is 74.7. The Kier molecular flexibility index (Phi) is 26.1. The number of nitrogens with zero attached hydrogens (tertiary/aromatic N) is 4. The van der Waals surface area contributed by atoms with Crippen molar-refractivity contribution in [1.82, 2.24) is 9.55 Å². The number of aromatic amines is 1. The zero-order valence-electron chi connectivity index (χ0n) is 41.0. The summed E-state index contributed by atoms with van der Waals surface area (Å²) in [7, 11) is -16.8. The Morgan fingerprint density at radius 2 is 1.28 bits per heavy atom. The molecule has 0 spiro atoms. The Morgan fingerprint density at radius 3 is 1.82 bits per heavy atom. The van der Waals surface area contributed by atoms with Crippen LogP contribution in [-0.4, -0.2) is 56.8 Å². The van der Waals surface area contributed by atoms with E-state index in [1.165, 1.54) is 126 Å². The van der Waals surface area contributed by atoms with Crippen LogP contribution in [0.25, 0.3) is 10.4 Å². The fourth-order valence-corrected chi connectivity index (χ4v) is 11.3. The molecule has 72 heavy (non-hydrogen) atoms. The summed E-state index contributed by atoms with van der Waals surface area (Å²) >= 11 is 0. The van der Waals surface area contributed by atoms with Crippen LogP contribution in [0.5, 0.6) is 11.5 Å². The van der Waals surface area contributed by atoms with Crippen LogP contribution in [0.2, 0.25) is 0 Å². The average molecular weight is 1070 g/mol. The smallest absolute Gasteiger partial charge is 0.434 e. The second-order valence-electron chi connectivity index (χ2n) is 17.2. The first-order chi connectivity index (χ1) is 34.4. The van der Waals surface area contributed by atoms with Gasteiger partial charge < -0.3 is 28.7 Å². The lowest BCUT2D eigenvalue weighted by atomic mass is 10.0. The minimum absolute atomic E-state index is 0.108. The molecule has 23 nitrogen and oxygen atoms in total. The summed E-state index contributed by atoms with van der Waals surface area (Å²) in [5.74, 6) is -0.131. The van der Waals surface area contributed by atoms with Gasteiger partial charge in [0.2, 0.25) is 0 Å². The van der Waals surface area contributed by atoms with Gasteiger partial charge in [0.15, 0.2) is 0 Å². The number of aryl methyl sites for hydroxylation is 1. The highest BCUT2D eigenvalue weighted by molar-refractivity contribution is 7.67. The molecule has 1 saturated heterocycles. The average Bonchev–Trinajstić information content (AvgIpc) is 3.74. The zero-order valence-corrected chi connectivity index (χ0v) is 43.7. The number of rotatable bonds is 35. The van der Waals surface area contributed by atoms with Crippen molar-refractivity contribution in [2.24, 2.45) is 5.11 Å². The quantitative estimate of drug-likeness (QED) is 0.00720. The highest BCUT2D eigenvalue weighted by Gasteiger charge is 2.45. The van der Waals surface area contributed by atoms with Crippen molar-refractivity contribution in [3.63, 3.8) is 0 Å². The Hall–Kier alpha value is -4.46. The lowest BCUT2D eigenvalue weighted by molar-refractivity contribution is -0.134. The molecule has 2 aromatic carbocycles. The number of phosphoric acid groups is 3. The Bertz CT molecular complexity index is 2470. The van der Waals surface area contributed by atoms with Crippen molar-refractivity contribution in [3.05, 3.63) is 103 Å². The highest BCUT2D eigenvalue weighted by atomic mass is 31.3. The standard InChI is InChI=1S/C46H68N5O18P3/c1-4-6-8-9-10-11-12-13-14-15-16-17-18-19-29-61-46(55)66-39-27-23-37(24-28-39)33-64-72(60,63-32-36-21-25-38(26-22-36)65-43(52)20-7-5-2)69-71(58,59)68-70(56,57)62-34-41-40(49-50-47)30-42(67-41)51-31-35(3)44(53)48-45(51)54/h21-28,31,40-42H,4-20,29-30,32-34H2,1-3H3,(H,56,57)(H,58,59)(H,48,53,54)/t40?,41-,42-,72?/m1/s1. The largest absolute Gasteiger partial charge is 0.513 e. The third-order valence-electron chi connectivity index (χ3n) is 11.2. The molecule has 3 N–H and O–H groups in total. The summed E-state index contributed by atoms with van der Waals surface area (Å²) in [6.45, 7) is 3.67. The van der Waals surface area contributed by atoms with Gasteiger partial charge in [0.1, 0.15) is 17.7 Å². The minimum Gasteiger partial charge on any atom is -0.434 e. The molecule has 0 saturated carbocycles. The van der Waals surface area contributed by atoms with Crippen molar-refractivity contribution in [1.29, 1.82) is 0 Å². The van der Waals surface area contributed by atoms with Gasteiger partial charge in [-0.1, -0.05) is 133 Å². The molecule has 0 bridgehead atoms. The first-order valence-corrected chi connectivity index (χ1v) is 28.8. The molecule has 0 amide bonds. The van der Waals surface area contributed by atoms with E-state index in [9.17, 15) is 42.7 Å². The van der Waals surface area contributed by atoms with Gasteiger partial charge in [-0.25, -0.2) is 23.3 Å². The molecule has 1 aromatic heterocycles. The van der Waals surface area contributed by atoms with E-state index in [0.717, 1.165) is 30.3 Å². The van der Waals surface area contributed by atoms with Gasteiger partial charge in [0.05, 0.1) is 38.6 Å². The molecule has 1 aliphatic rings. The van der Waals surface area contributed by atoms with E-state index >= 15 is 0 Å². The molecular weight excluding hydrogens is 1000 g/mol. The number of H-pyrrole nitrogens is 1.